The zero-order chi connectivity index (χ0) is 17.8. The quantitative estimate of drug-likeness (QED) is 0.695. The van der Waals surface area contributed by atoms with Crippen LogP contribution in [-0.2, 0) is 13.0 Å². The standard InChI is InChI=1S/C21H21ClN2O/c1-3-17-20(18-10-9-16(22)11-19(18)25-2)15(12-23)13-24-21(17)14-7-5-4-6-8-14/h4-11,13H,3,12,23H2,1-2H3. The van der Waals surface area contributed by atoms with Gasteiger partial charge in [0.25, 0.3) is 0 Å². The molecule has 3 nitrogen and oxygen atoms in total. The fourth-order valence-electron chi connectivity index (χ4n) is 3.15. The lowest BCUT2D eigenvalue weighted by atomic mass is 9.90. The maximum absolute atomic E-state index is 6.14. The second-order valence-electron chi connectivity index (χ2n) is 5.75. The fraction of sp³-hybridized carbons (Fsp3) is 0.190. The molecule has 0 unspecified atom stereocenters. The topological polar surface area (TPSA) is 48.1 Å². The first-order valence-corrected chi connectivity index (χ1v) is 8.67. The number of nitrogens with zero attached hydrogens (tertiary/aromatic N) is 1. The lowest BCUT2D eigenvalue weighted by Gasteiger charge is -2.19. The summed E-state index contributed by atoms with van der Waals surface area (Å²) in [6.07, 6.45) is 2.71. The van der Waals surface area contributed by atoms with Crippen molar-refractivity contribution in [1.82, 2.24) is 4.98 Å². The predicted molar refractivity (Wildman–Crippen MR) is 104 cm³/mol. The van der Waals surface area contributed by atoms with Crippen molar-refractivity contribution in [2.75, 3.05) is 7.11 Å². The minimum absolute atomic E-state index is 0.413. The Kier molecular flexibility index (Phi) is 5.37. The number of aromatic nitrogens is 1. The Balaban J connectivity index is 2.32. The van der Waals surface area contributed by atoms with Gasteiger partial charge in [0.05, 0.1) is 12.8 Å². The van der Waals surface area contributed by atoms with Crippen LogP contribution in [0.4, 0.5) is 0 Å². The van der Waals surface area contributed by atoms with Gasteiger partial charge >= 0.3 is 0 Å². The third kappa shape index (κ3) is 3.39. The molecule has 0 spiro atoms. The molecule has 2 N–H and O–H groups in total. The van der Waals surface area contributed by atoms with Gasteiger partial charge in [0.1, 0.15) is 5.75 Å². The highest BCUT2D eigenvalue weighted by atomic mass is 35.5. The van der Waals surface area contributed by atoms with Crippen molar-refractivity contribution in [3.8, 4) is 28.1 Å². The Morgan fingerprint density at radius 2 is 1.88 bits per heavy atom. The van der Waals surface area contributed by atoms with Crippen LogP contribution in [0.15, 0.2) is 54.7 Å². The Morgan fingerprint density at radius 1 is 1.12 bits per heavy atom. The maximum Gasteiger partial charge on any atom is 0.128 e. The number of halogens is 1. The molecular formula is C21H21ClN2O. The number of hydrogen-bond acceptors (Lipinski definition) is 3. The Labute approximate surface area is 153 Å². The van der Waals surface area contributed by atoms with E-state index < -0.39 is 0 Å². The lowest BCUT2D eigenvalue weighted by molar-refractivity contribution is 0.416. The monoisotopic (exact) mass is 352 g/mol. The molecule has 0 saturated carbocycles. The molecule has 0 bridgehead atoms. The molecule has 3 rings (SSSR count). The Morgan fingerprint density at radius 3 is 2.52 bits per heavy atom. The zero-order valence-corrected chi connectivity index (χ0v) is 15.2. The first-order valence-electron chi connectivity index (χ1n) is 8.29. The molecular weight excluding hydrogens is 332 g/mol. The largest absolute Gasteiger partial charge is 0.496 e. The number of hydrogen-bond donors (Lipinski definition) is 1. The highest BCUT2D eigenvalue weighted by Crippen LogP contribution is 2.39. The average molecular weight is 353 g/mol. The molecule has 0 amide bonds. The highest BCUT2D eigenvalue weighted by molar-refractivity contribution is 6.30. The number of benzene rings is 2. The molecule has 1 heterocycles. The first kappa shape index (κ1) is 17.5. The van der Waals surface area contributed by atoms with Crippen molar-refractivity contribution >= 4 is 11.6 Å². The molecule has 2 aromatic carbocycles. The van der Waals surface area contributed by atoms with E-state index in [1.165, 1.54) is 0 Å². The number of ether oxygens (including phenoxy) is 1. The summed E-state index contributed by atoms with van der Waals surface area (Å²) in [5, 5.41) is 0.644. The molecule has 0 radical (unpaired) electrons. The minimum atomic E-state index is 0.413. The molecule has 4 heteroatoms. The Hall–Kier alpha value is -2.36. The van der Waals surface area contributed by atoms with E-state index in [2.05, 4.69) is 19.1 Å². The normalized spacial score (nSPS) is 10.7. The van der Waals surface area contributed by atoms with E-state index >= 15 is 0 Å². The molecule has 1 aromatic heterocycles. The van der Waals surface area contributed by atoms with E-state index in [9.17, 15) is 0 Å². The third-order valence-electron chi connectivity index (χ3n) is 4.31. The van der Waals surface area contributed by atoms with Crippen molar-refractivity contribution in [2.45, 2.75) is 19.9 Å². The molecule has 0 saturated heterocycles. The summed E-state index contributed by atoms with van der Waals surface area (Å²) >= 11 is 6.14. The summed E-state index contributed by atoms with van der Waals surface area (Å²) in [5.74, 6) is 0.738. The third-order valence-corrected chi connectivity index (χ3v) is 4.55. The molecule has 25 heavy (non-hydrogen) atoms. The predicted octanol–water partition coefficient (Wildman–Crippen LogP) is 5.10. The van der Waals surface area contributed by atoms with Crippen molar-refractivity contribution in [3.63, 3.8) is 0 Å². The van der Waals surface area contributed by atoms with Crippen molar-refractivity contribution in [1.29, 1.82) is 0 Å². The lowest BCUT2D eigenvalue weighted by Crippen LogP contribution is -2.06. The molecule has 128 valence electrons. The number of nitrogens with two attached hydrogens (primary N) is 1. The summed E-state index contributed by atoms with van der Waals surface area (Å²) in [6.45, 7) is 2.55. The SMILES string of the molecule is CCc1c(-c2ccccc2)ncc(CN)c1-c1ccc(Cl)cc1OC. The van der Waals surface area contributed by atoms with Gasteiger partial charge in [-0.25, -0.2) is 0 Å². The fourth-order valence-corrected chi connectivity index (χ4v) is 3.31. The van der Waals surface area contributed by atoms with Crippen molar-refractivity contribution < 1.29 is 4.74 Å². The number of rotatable bonds is 5. The van der Waals surface area contributed by atoms with E-state index in [0.29, 0.717) is 11.6 Å². The van der Waals surface area contributed by atoms with Gasteiger partial charge in [-0.15, -0.1) is 0 Å². The second-order valence-corrected chi connectivity index (χ2v) is 6.19. The van der Waals surface area contributed by atoms with E-state index in [0.717, 1.165) is 45.7 Å². The van der Waals surface area contributed by atoms with Gasteiger partial charge in [0.2, 0.25) is 0 Å². The molecule has 0 atom stereocenters. The zero-order valence-electron chi connectivity index (χ0n) is 14.4. The van der Waals surface area contributed by atoms with Gasteiger partial charge in [0.15, 0.2) is 0 Å². The van der Waals surface area contributed by atoms with E-state index in [1.807, 2.05) is 42.6 Å². The van der Waals surface area contributed by atoms with Gasteiger partial charge in [-0.1, -0.05) is 48.9 Å². The smallest absolute Gasteiger partial charge is 0.128 e. The van der Waals surface area contributed by atoms with Crippen LogP contribution >= 0.6 is 11.6 Å². The van der Waals surface area contributed by atoms with Crippen LogP contribution in [0.3, 0.4) is 0 Å². The van der Waals surface area contributed by atoms with E-state index in [4.69, 9.17) is 27.1 Å². The molecule has 3 aromatic rings. The summed E-state index contributed by atoms with van der Waals surface area (Å²) in [6, 6.07) is 15.9. The van der Waals surface area contributed by atoms with Crippen LogP contribution in [0.25, 0.3) is 22.4 Å². The Bertz CT molecular complexity index is 879. The highest BCUT2D eigenvalue weighted by Gasteiger charge is 2.18. The number of methoxy groups -OCH3 is 1. The van der Waals surface area contributed by atoms with Gasteiger partial charge in [-0.05, 0) is 41.3 Å². The number of pyridine rings is 1. The molecule has 0 aliphatic carbocycles. The van der Waals surface area contributed by atoms with Gasteiger partial charge in [-0.3, -0.25) is 4.98 Å². The maximum atomic E-state index is 6.14. The first-order chi connectivity index (χ1) is 12.2. The second kappa shape index (κ2) is 7.68. The average Bonchev–Trinajstić information content (AvgIpc) is 2.67. The van der Waals surface area contributed by atoms with Crippen LogP contribution in [0.1, 0.15) is 18.1 Å². The van der Waals surface area contributed by atoms with Gasteiger partial charge in [0, 0.05) is 28.9 Å². The van der Waals surface area contributed by atoms with Gasteiger partial charge in [-0.2, -0.15) is 0 Å². The summed E-state index contributed by atoms with van der Waals surface area (Å²) in [5.41, 5.74) is 12.3. The minimum Gasteiger partial charge on any atom is -0.496 e. The van der Waals surface area contributed by atoms with Crippen LogP contribution in [0.5, 0.6) is 5.75 Å². The summed E-state index contributed by atoms with van der Waals surface area (Å²) < 4.78 is 5.58. The van der Waals surface area contributed by atoms with Crippen LogP contribution in [0, 0.1) is 0 Å². The summed E-state index contributed by atoms with van der Waals surface area (Å²) in [7, 11) is 1.65. The summed E-state index contributed by atoms with van der Waals surface area (Å²) in [4.78, 5) is 4.70. The van der Waals surface area contributed by atoms with E-state index in [-0.39, 0.29) is 0 Å². The molecule has 0 aliphatic heterocycles. The van der Waals surface area contributed by atoms with Gasteiger partial charge < -0.3 is 10.5 Å². The van der Waals surface area contributed by atoms with Crippen LogP contribution < -0.4 is 10.5 Å². The molecule has 0 aliphatic rings. The van der Waals surface area contributed by atoms with Crippen LogP contribution in [0.2, 0.25) is 5.02 Å². The van der Waals surface area contributed by atoms with E-state index in [1.54, 1.807) is 7.11 Å². The van der Waals surface area contributed by atoms with Crippen molar-refractivity contribution in [2.24, 2.45) is 5.73 Å². The van der Waals surface area contributed by atoms with Crippen molar-refractivity contribution in [3.05, 3.63) is 70.9 Å². The molecule has 0 fully saturated rings. The van der Waals surface area contributed by atoms with Crippen LogP contribution in [-0.4, -0.2) is 12.1 Å².